The van der Waals surface area contributed by atoms with Gasteiger partial charge in [-0.15, -0.1) is 0 Å². The SMILES string of the molecule is CCCC1CCN(c2cc(C(N)=NO)ccn2)CC1. The van der Waals surface area contributed by atoms with E-state index < -0.39 is 0 Å². The number of nitrogens with zero attached hydrogens (tertiary/aromatic N) is 3. The van der Waals surface area contributed by atoms with Crippen molar-refractivity contribution in [2.24, 2.45) is 16.8 Å². The van der Waals surface area contributed by atoms with Gasteiger partial charge in [-0.3, -0.25) is 0 Å². The van der Waals surface area contributed by atoms with Gasteiger partial charge in [0.15, 0.2) is 5.84 Å². The molecule has 1 aromatic rings. The van der Waals surface area contributed by atoms with E-state index in [2.05, 4.69) is 22.0 Å². The average Bonchev–Trinajstić information content (AvgIpc) is 2.48. The zero-order chi connectivity index (χ0) is 13.7. The second-order valence-corrected chi connectivity index (χ2v) is 5.11. The van der Waals surface area contributed by atoms with Gasteiger partial charge in [0.05, 0.1) is 0 Å². The van der Waals surface area contributed by atoms with E-state index in [1.807, 2.05) is 6.07 Å². The molecule has 0 spiro atoms. The van der Waals surface area contributed by atoms with Crippen molar-refractivity contribution < 1.29 is 5.21 Å². The van der Waals surface area contributed by atoms with E-state index in [1.165, 1.54) is 25.7 Å². The minimum atomic E-state index is 0.129. The van der Waals surface area contributed by atoms with Crippen molar-refractivity contribution in [2.45, 2.75) is 32.6 Å². The van der Waals surface area contributed by atoms with Crippen LogP contribution in [0.25, 0.3) is 0 Å². The summed E-state index contributed by atoms with van der Waals surface area (Å²) in [7, 11) is 0. The van der Waals surface area contributed by atoms with E-state index >= 15 is 0 Å². The summed E-state index contributed by atoms with van der Waals surface area (Å²) >= 11 is 0. The Labute approximate surface area is 114 Å². The van der Waals surface area contributed by atoms with Crippen molar-refractivity contribution in [3.8, 4) is 0 Å². The number of aromatic nitrogens is 1. The van der Waals surface area contributed by atoms with Crippen LogP contribution in [0.5, 0.6) is 0 Å². The fraction of sp³-hybridized carbons (Fsp3) is 0.571. The molecule has 0 radical (unpaired) electrons. The third-order valence-electron chi connectivity index (χ3n) is 3.78. The maximum absolute atomic E-state index is 8.71. The summed E-state index contributed by atoms with van der Waals surface area (Å²) in [4.78, 5) is 6.66. The van der Waals surface area contributed by atoms with Gasteiger partial charge in [0, 0.05) is 24.8 Å². The van der Waals surface area contributed by atoms with Gasteiger partial charge in [-0.25, -0.2) is 4.98 Å². The highest BCUT2D eigenvalue weighted by atomic mass is 16.4. The maximum atomic E-state index is 8.71. The molecule has 3 N–H and O–H groups in total. The average molecular weight is 262 g/mol. The molecule has 2 rings (SSSR count). The Morgan fingerprint density at radius 2 is 2.26 bits per heavy atom. The van der Waals surface area contributed by atoms with Crippen molar-refractivity contribution in [1.82, 2.24) is 4.98 Å². The summed E-state index contributed by atoms with van der Waals surface area (Å²) in [5.74, 6) is 1.90. The molecule has 1 aromatic heterocycles. The predicted molar refractivity (Wildman–Crippen MR) is 76.6 cm³/mol. The third kappa shape index (κ3) is 3.36. The summed E-state index contributed by atoms with van der Waals surface area (Å²) in [6.07, 6.45) is 6.75. The molecule has 0 saturated carbocycles. The molecule has 19 heavy (non-hydrogen) atoms. The standard InChI is InChI=1S/C14H22N4O/c1-2-3-11-5-8-18(9-6-11)13-10-12(4-7-16-13)14(15)17-19/h4,7,10-11,19H,2-3,5-6,8-9H2,1H3,(H2,15,17). The molecule has 2 heterocycles. The van der Waals surface area contributed by atoms with Gasteiger partial charge in [0.25, 0.3) is 0 Å². The second-order valence-electron chi connectivity index (χ2n) is 5.11. The van der Waals surface area contributed by atoms with Gasteiger partial charge in [-0.2, -0.15) is 0 Å². The summed E-state index contributed by atoms with van der Waals surface area (Å²) in [5, 5.41) is 11.7. The summed E-state index contributed by atoms with van der Waals surface area (Å²) in [6.45, 7) is 4.32. The lowest BCUT2D eigenvalue weighted by atomic mass is 9.92. The van der Waals surface area contributed by atoms with E-state index in [0.717, 1.165) is 24.8 Å². The first-order valence-electron chi connectivity index (χ1n) is 6.93. The van der Waals surface area contributed by atoms with E-state index in [0.29, 0.717) is 5.56 Å². The number of rotatable bonds is 4. The van der Waals surface area contributed by atoms with Crippen LogP contribution in [-0.4, -0.2) is 29.1 Å². The fourth-order valence-corrected chi connectivity index (χ4v) is 2.67. The molecule has 5 heteroatoms. The Balaban J connectivity index is 2.03. The van der Waals surface area contributed by atoms with E-state index in [1.54, 1.807) is 12.3 Å². The molecule has 1 fully saturated rings. The van der Waals surface area contributed by atoms with Gasteiger partial charge in [-0.05, 0) is 30.9 Å². The molecule has 0 unspecified atom stereocenters. The van der Waals surface area contributed by atoms with Crippen LogP contribution in [0.2, 0.25) is 0 Å². The summed E-state index contributed by atoms with van der Waals surface area (Å²) in [5.41, 5.74) is 6.32. The van der Waals surface area contributed by atoms with Crippen molar-refractivity contribution in [3.63, 3.8) is 0 Å². The lowest BCUT2D eigenvalue weighted by Crippen LogP contribution is -2.34. The van der Waals surface area contributed by atoms with Crippen LogP contribution >= 0.6 is 0 Å². The molecule has 0 bridgehead atoms. The third-order valence-corrected chi connectivity index (χ3v) is 3.78. The van der Waals surface area contributed by atoms with Crippen molar-refractivity contribution in [2.75, 3.05) is 18.0 Å². The number of amidine groups is 1. The zero-order valence-corrected chi connectivity index (χ0v) is 11.4. The van der Waals surface area contributed by atoms with Gasteiger partial charge >= 0.3 is 0 Å². The molecule has 0 amide bonds. The van der Waals surface area contributed by atoms with E-state index in [4.69, 9.17) is 10.9 Å². The van der Waals surface area contributed by atoms with Gasteiger partial charge in [-0.1, -0.05) is 24.9 Å². The number of anilines is 1. The molecule has 104 valence electrons. The Kier molecular flexibility index (Phi) is 4.60. The molecule has 1 aliphatic rings. The highest BCUT2D eigenvalue weighted by Crippen LogP contribution is 2.25. The van der Waals surface area contributed by atoms with Crippen molar-refractivity contribution >= 4 is 11.7 Å². The number of nitrogens with two attached hydrogens (primary N) is 1. The molecule has 0 atom stereocenters. The summed E-state index contributed by atoms with van der Waals surface area (Å²) in [6, 6.07) is 3.64. The van der Waals surface area contributed by atoms with Crippen LogP contribution < -0.4 is 10.6 Å². The molecule has 1 aliphatic heterocycles. The first-order valence-corrected chi connectivity index (χ1v) is 6.93. The smallest absolute Gasteiger partial charge is 0.170 e. The van der Waals surface area contributed by atoms with Crippen LogP contribution in [0, 0.1) is 5.92 Å². The van der Waals surface area contributed by atoms with Crippen molar-refractivity contribution in [1.29, 1.82) is 0 Å². The van der Waals surface area contributed by atoms with Crippen LogP contribution in [0.15, 0.2) is 23.5 Å². The van der Waals surface area contributed by atoms with Gasteiger partial charge < -0.3 is 15.8 Å². The first kappa shape index (κ1) is 13.6. The Morgan fingerprint density at radius 1 is 1.53 bits per heavy atom. The largest absolute Gasteiger partial charge is 0.409 e. The summed E-state index contributed by atoms with van der Waals surface area (Å²) < 4.78 is 0. The zero-order valence-electron chi connectivity index (χ0n) is 11.4. The number of oxime groups is 1. The van der Waals surface area contributed by atoms with Crippen LogP contribution in [0.4, 0.5) is 5.82 Å². The minimum absolute atomic E-state index is 0.129. The monoisotopic (exact) mass is 262 g/mol. The van der Waals surface area contributed by atoms with E-state index in [-0.39, 0.29) is 5.84 Å². The number of piperidine rings is 1. The lowest BCUT2D eigenvalue weighted by Gasteiger charge is -2.32. The quantitative estimate of drug-likeness (QED) is 0.377. The second kappa shape index (κ2) is 6.41. The number of hydrogen-bond donors (Lipinski definition) is 2. The molecule has 1 saturated heterocycles. The molecular formula is C14H22N4O. The Hall–Kier alpha value is -1.78. The highest BCUT2D eigenvalue weighted by Gasteiger charge is 2.19. The fourth-order valence-electron chi connectivity index (χ4n) is 2.67. The number of pyridine rings is 1. The predicted octanol–water partition coefficient (Wildman–Crippen LogP) is 2.19. The van der Waals surface area contributed by atoms with Gasteiger partial charge in [0.1, 0.15) is 5.82 Å². The first-order chi connectivity index (χ1) is 9.24. The molecule has 0 aromatic carbocycles. The van der Waals surface area contributed by atoms with Crippen molar-refractivity contribution in [3.05, 3.63) is 23.9 Å². The molecular weight excluding hydrogens is 240 g/mol. The van der Waals surface area contributed by atoms with Crippen LogP contribution in [0.3, 0.4) is 0 Å². The topological polar surface area (TPSA) is 74.7 Å². The van der Waals surface area contributed by atoms with Crippen LogP contribution in [0.1, 0.15) is 38.2 Å². The van der Waals surface area contributed by atoms with Gasteiger partial charge in [0.2, 0.25) is 0 Å². The Bertz CT molecular complexity index is 439. The lowest BCUT2D eigenvalue weighted by molar-refractivity contribution is 0.318. The van der Waals surface area contributed by atoms with E-state index in [9.17, 15) is 0 Å². The normalized spacial score (nSPS) is 17.7. The van der Waals surface area contributed by atoms with Crippen LogP contribution in [-0.2, 0) is 0 Å². The maximum Gasteiger partial charge on any atom is 0.170 e. The number of hydrogen-bond acceptors (Lipinski definition) is 4. The molecule has 5 nitrogen and oxygen atoms in total. The molecule has 0 aliphatic carbocycles. The highest BCUT2D eigenvalue weighted by molar-refractivity contribution is 5.97. The Morgan fingerprint density at radius 3 is 2.89 bits per heavy atom. The minimum Gasteiger partial charge on any atom is -0.409 e.